The highest BCUT2D eigenvalue weighted by Gasteiger charge is 2.41. The van der Waals surface area contributed by atoms with Crippen molar-refractivity contribution in [1.29, 1.82) is 5.26 Å². The Morgan fingerprint density at radius 1 is 0.836 bits per heavy atom. The molecule has 7 rings (SSSR count). The number of nitrogens with one attached hydrogen (secondary N) is 3. The zero-order valence-corrected chi connectivity index (χ0v) is 36.1. The Morgan fingerprint density at radius 2 is 1.44 bits per heavy atom. The molecule has 14 nitrogen and oxygen atoms in total. The van der Waals surface area contributed by atoms with Crippen molar-refractivity contribution in [2.45, 2.75) is 97.3 Å². The second-order valence-corrected chi connectivity index (χ2v) is 17.0. The number of aromatic nitrogens is 2. The van der Waals surface area contributed by atoms with E-state index in [1.165, 1.54) is 14.2 Å². The molecule has 0 aliphatic carbocycles. The number of alkyl carbamates (subject to hydrolysis) is 2. The number of carbonyl (C=O) groups excluding carboxylic acids is 4. The van der Waals surface area contributed by atoms with Crippen molar-refractivity contribution in [2.24, 2.45) is 22.7 Å². The Kier molecular flexibility index (Phi) is 12.8. The van der Waals surface area contributed by atoms with Gasteiger partial charge in [-0.2, -0.15) is 5.26 Å². The minimum atomic E-state index is -0.719. The second kappa shape index (κ2) is 18.2. The SMILES string of the molecule is CCC1CC=C(c2ccc3c(c2)c(C#N)cc2cc(-c4cnc(C5CCCN5C(=O)C(NC(=O)OC)C(C)C)[nH]4)ccc23)N=C1C1CCCN1C(=O)C(NC(=O)OC)C(C)C. The van der Waals surface area contributed by atoms with Crippen LogP contribution in [0.5, 0.6) is 0 Å². The average Bonchev–Trinajstić information content (AvgIpc) is 4.07. The van der Waals surface area contributed by atoms with Crippen LogP contribution in [-0.4, -0.2) is 94.9 Å². The molecule has 1 aromatic heterocycles. The molecule has 3 aromatic carbocycles. The lowest BCUT2D eigenvalue weighted by Gasteiger charge is -2.34. The number of H-pyrrole nitrogens is 1. The van der Waals surface area contributed by atoms with Crippen LogP contribution in [0, 0.1) is 29.1 Å². The highest BCUT2D eigenvalue weighted by atomic mass is 16.5. The van der Waals surface area contributed by atoms with E-state index >= 15 is 0 Å². The van der Waals surface area contributed by atoms with Gasteiger partial charge < -0.3 is 34.9 Å². The molecule has 3 aliphatic rings. The highest BCUT2D eigenvalue weighted by Crippen LogP contribution is 2.38. The molecule has 4 heterocycles. The number of aliphatic imine (C=N–C) groups is 1. The van der Waals surface area contributed by atoms with E-state index in [1.807, 2.05) is 50.8 Å². The van der Waals surface area contributed by atoms with Crippen molar-refractivity contribution in [2.75, 3.05) is 27.3 Å². The molecule has 4 amide bonds. The maximum absolute atomic E-state index is 14.0. The van der Waals surface area contributed by atoms with E-state index in [-0.39, 0.29) is 41.7 Å². The molecule has 2 saturated heterocycles. The Bertz CT molecular complexity index is 2450. The molecule has 320 valence electrons. The van der Waals surface area contributed by atoms with Crippen LogP contribution in [0.25, 0.3) is 38.5 Å². The predicted octanol–water partition coefficient (Wildman–Crippen LogP) is 7.88. The van der Waals surface area contributed by atoms with Gasteiger partial charge in [0.1, 0.15) is 17.9 Å². The van der Waals surface area contributed by atoms with Gasteiger partial charge in [0, 0.05) is 41.2 Å². The summed E-state index contributed by atoms with van der Waals surface area (Å²) in [6, 6.07) is 14.8. The van der Waals surface area contributed by atoms with Crippen LogP contribution >= 0.6 is 0 Å². The summed E-state index contributed by atoms with van der Waals surface area (Å²) in [5.41, 5.74) is 4.95. The third-order valence-corrected chi connectivity index (χ3v) is 12.5. The summed E-state index contributed by atoms with van der Waals surface area (Å²) in [5, 5.41) is 19.6. The molecular formula is C47H56N8O6. The molecule has 5 atom stereocenters. The van der Waals surface area contributed by atoms with Gasteiger partial charge in [0.15, 0.2) is 0 Å². The number of nitriles is 1. The highest BCUT2D eigenvalue weighted by molar-refractivity contribution is 6.11. The molecule has 5 unspecified atom stereocenters. The lowest BCUT2D eigenvalue weighted by molar-refractivity contribution is -0.135. The van der Waals surface area contributed by atoms with Crippen molar-refractivity contribution < 1.29 is 28.7 Å². The normalized spacial score (nSPS) is 20.0. The van der Waals surface area contributed by atoms with Crippen LogP contribution in [0.1, 0.15) is 96.1 Å². The maximum Gasteiger partial charge on any atom is 0.407 e. The number of hydrogen-bond acceptors (Lipinski definition) is 9. The number of aromatic amines is 1. The zero-order chi connectivity index (χ0) is 43.5. The Hall–Kier alpha value is -6.23. The van der Waals surface area contributed by atoms with Crippen LogP contribution < -0.4 is 10.6 Å². The van der Waals surface area contributed by atoms with Gasteiger partial charge in [0.25, 0.3) is 0 Å². The number of imidazole rings is 1. The Balaban J connectivity index is 1.15. The van der Waals surface area contributed by atoms with Crippen molar-refractivity contribution in [3.8, 4) is 17.3 Å². The molecule has 3 N–H and O–H groups in total. The van der Waals surface area contributed by atoms with E-state index < -0.39 is 24.3 Å². The fourth-order valence-electron chi connectivity index (χ4n) is 9.20. The predicted molar refractivity (Wildman–Crippen MR) is 234 cm³/mol. The number of amides is 4. The van der Waals surface area contributed by atoms with Gasteiger partial charge in [-0.25, -0.2) is 14.6 Å². The summed E-state index contributed by atoms with van der Waals surface area (Å²) >= 11 is 0. The van der Waals surface area contributed by atoms with Gasteiger partial charge >= 0.3 is 12.2 Å². The first-order chi connectivity index (χ1) is 29.4. The van der Waals surface area contributed by atoms with Gasteiger partial charge in [0.2, 0.25) is 11.8 Å². The third kappa shape index (κ3) is 8.56. The molecule has 0 spiro atoms. The number of benzene rings is 3. The largest absolute Gasteiger partial charge is 0.453 e. The van der Waals surface area contributed by atoms with E-state index in [4.69, 9.17) is 19.5 Å². The third-order valence-electron chi connectivity index (χ3n) is 12.5. The lowest BCUT2D eigenvalue weighted by atomic mass is 9.86. The van der Waals surface area contributed by atoms with Gasteiger partial charge in [-0.15, -0.1) is 0 Å². The number of nitrogens with zero attached hydrogens (tertiary/aromatic N) is 5. The van der Waals surface area contributed by atoms with Crippen molar-refractivity contribution in [3.63, 3.8) is 0 Å². The van der Waals surface area contributed by atoms with Gasteiger partial charge in [-0.3, -0.25) is 14.6 Å². The molecule has 4 aromatic rings. The van der Waals surface area contributed by atoms with Gasteiger partial charge in [0.05, 0.1) is 55.5 Å². The molecule has 0 radical (unpaired) electrons. The first kappa shape index (κ1) is 42.9. The van der Waals surface area contributed by atoms with Gasteiger partial charge in [-0.1, -0.05) is 65.0 Å². The maximum atomic E-state index is 14.0. The number of rotatable bonds is 11. The summed E-state index contributed by atoms with van der Waals surface area (Å²) in [6.45, 7) is 10.9. The Labute approximate surface area is 356 Å². The number of allylic oxidation sites excluding steroid dienone is 1. The smallest absolute Gasteiger partial charge is 0.407 e. The topological polar surface area (TPSA) is 182 Å². The molecule has 2 fully saturated rings. The molecule has 14 heteroatoms. The molecule has 61 heavy (non-hydrogen) atoms. The van der Waals surface area contributed by atoms with Crippen molar-refractivity contribution in [1.82, 2.24) is 30.4 Å². The van der Waals surface area contributed by atoms with Crippen LogP contribution in [0.3, 0.4) is 0 Å². The van der Waals surface area contributed by atoms with Crippen molar-refractivity contribution in [3.05, 3.63) is 71.7 Å². The van der Waals surface area contributed by atoms with Crippen LogP contribution in [-0.2, 0) is 19.1 Å². The summed E-state index contributed by atoms with van der Waals surface area (Å²) < 4.78 is 9.61. The minimum absolute atomic E-state index is 0.123. The van der Waals surface area contributed by atoms with E-state index in [9.17, 15) is 24.4 Å². The second-order valence-electron chi connectivity index (χ2n) is 17.0. The molecular weight excluding hydrogens is 773 g/mol. The summed E-state index contributed by atoms with van der Waals surface area (Å²) in [5.74, 6) is 0.317. The number of methoxy groups -OCH3 is 2. The van der Waals surface area contributed by atoms with Crippen LogP contribution in [0.15, 0.2) is 59.7 Å². The van der Waals surface area contributed by atoms with E-state index in [0.717, 1.165) is 88.3 Å². The fraction of sp³-hybridized carbons (Fsp3) is 0.468. The first-order valence-corrected chi connectivity index (χ1v) is 21.4. The number of hydrogen-bond donors (Lipinski definition) is 3. The summed E-state index contributed by atoms with van der Waals surface area (Å²) in [6.07, 6.45) is 7.56. The molecule has 3 aliphatic heterocycles. The first-order valence-electron chi connectivity index (χ1n) is 21.4. The van der Waals surface area contributed by atoms with Crippen LogP contribution in [0.2, 0.25) is 0 Å². The average molecular weight is 829 g/mol. The monoisotopic (exact) mass is 828 g/mol. The molecule has 0 saturated carbocycles. The quantitative estimate of drug-likeness (QED) is 0.128. The number of fused-ring (bicyclic) bond motifs is 3. The Morgan fingerprint density at radius 3 is 2.05 bits per heavy atom. The summed E-state index contributed by atoms with van der Waals surface area (Å²) in [7, 11) is 2.58. The van der Waals surface area contributed by atoms with E-state index in [2.05, 4.69) is 59.0 Å². The fourth-order valence-corrected chi connectivity index (χ4v) is 9.20. The van der Waals surface area contributed by atoms with E-state index in [1.54, 1.807) is 11.1 Å². The lowest BCUT2D eigenvalue weighted by Crippen LogP contribution is -2.54. The number of carbonyl (C=O) groups is 4. The molecule has 0 bridgehead atoms. The van der Waals surface area contributed by atoms with Gasteiger partial charge in [-0.05, 0) is 84.7 Å². The number of likely N-dealkylation sites (tertiary alicyclic amines) is 2. The zero-order valence-electron chi connectivity index (χ0n) is 36.1. The van der Waals surface area contributed by atoms with Crippen LogP contribution in [0.4, 0.5) is 9.59 Å². The minimum Gasteiger partial charge on any atom is -0.453 e. The van der Waals surface area contributed by atoms with E-state index in [0.29, 0.717) is 24.5 Å². The summed E-state index contributed by atoms with van der Waals surface area (Å²) in [4.78, 5) is 69.0. The number of ether oxygens (including phenoxy) is 2. The van der Waals surface area contributed by atoms with Crippen molar-refractivity contribution >= 4 is 57.0 Å². The standard InChI is InChI=1S/C47H56N8O6/c1-8-28-15-18-36(50-42(28)38-11-9-19-54(38)44(56)40(26(2)3)52-46(58)60-6)30-14-17-34-33-16-13-29(21-31(33)22-32(24-48)35(34)23-30)37-25-49-43(51-37)39-12-10-20-55(39)45(57)41(27(4)5)53-47(59)61-7/h13-14,16-18,21-23,25-28,38-41H,8-12,15,19-20H2,1-7H3,(H,49,51)(H,52,58)(H,53,59).